The van der Waals surface area contributed by atoms with Gasteiger partial charge >= 0.3 is 11.9 Å². The van der Waals surface area contributed by atoms with E-state index in [2.05, 4.69) is 10.3 Å². The number of para-hydroxylation sites is 2. The van der Waals surface area contributed by atoms with E-state index in [1.165, 1.54) is 12.0 Å². The molecule has 1 atom stereocenters. The third kappa shape index (κ3) is 8.55. The maximum absolute atomic E-state index is 12.8. The minimum Gasteiger partial charge on any atom is -0.497 e. The number of H-pyrrole nitrogens is 1. The lowest BCUT2D eigenvalue weighted by Crippen LogP contribution is -2.39. The number of amides is 2. The van der Waals surface area contributed by atoms with Gasteiger partial charge in [-0.2, -0.15) is 0 Å². The van der Waals surface area contributed by atoms with Gasteiger partial charge in [0, 0.05) is 29.7 Å². The predicted octanol–water partition coefficient (Wildman–Crippen LogP) is 2.19. The van der Waals surface area contributed by atoms with E-state index in [1.807, 2.05) is 24.4 Å². The Balaban J connectivity index is 0.000000458. The number of carboxylic acid groups (broad SMARTS) is 2. The van der Waals surface area contributed by atoms with E-state index in [4.69, 9.17) is 34.4 Å². The Bertz CT molecular complexity index is 1290. The fraction of sp³-hybridized carbons (Fsp3) is 0.333. The van der Waals surface area contributed by atoms with Gasteiger partial charge in [-0.1, -0.05) is 12.1 Å². The minimum absolute atomic E-state index is 0.137. The van der Waals surface area contributed by atoms with Gasteiger partial charge < -0.3 is 35.1 Å². The monoisotopic (exact) mass is 543 g/mol. The smallest absolute Gasteiger partial charge is 0.414 e. The molecule has 1 aliphatic heterocycles. The highest BCUT2D eigenvalue weighted by Crippen LogP contribution is 2.31. The van der Waals surface area contributed by atoms with Crippen molar-refractivity contribution in [2.75, 3.05) is 25.7 Å². The Morgan fingerprint density at radius 2 is 1.72 bits per heavy atom. The van der Waals surface area contributed by atoms with Crippen molar-refractivity contribution in [3.63, 3.8) is 0 Å². The molecule has 210 valence electrons. The molecule has 2 heterocycles. The van der Waals surface area contributed by atoms with Crippen LogP contribution in [0, 0.1) is 0 Å². The number of aromatic nitrogens is 1. The van der Waals surface area contributed by atoms with Crippen LogP contribution in [0.25, 0.3) is 10.9 Å². The summed E-state index contributed by atoms with van der Waals surface area (Å²) in [6.07, 6.45) is 2.66. The number of nitrogens with zero attached hydrogens (tertiary/aromatic N) is 1. The number of aliphatic hydroxyl groups is 1. The molecule has 4 rings (SSSR count). The highest BCUT2D eigenvalue weighted by atomic mass is 16.5. The van der Waals surface area contributed by atoms with Gasteiger partial charge in [0.05, 0.1) is 32.4 Å². The van der Waals surface area contributed by atoms with Gasteiger partial charge in [-0.25, -0.2) is 14.5 Å². The average Bonchev–Trinajstić information content (AvgIpc) is 3.42. The van der Waals surface area contributed by atoms with Crippen LogP contribution in [0.4, 0.5) is 5.69 Å². The first-order valence-corrected chi connectivity index (χ1v) is 12.0. The number of carbonyl (C=O) groups excluding carboxylic acids is 2. The lowest BCUT2D eigenvalue weighted by molar-refractivity contribution is -0.159. The standard InChI is InChI=1S/C22H23N3O4.C3H8O.C2H2O4/c1-28-15-7-8-17-16(11-15)14(13-24-17)9-10-23-18-12-21(26)25(22(18)27)19-5-3-4-6-20(19)29-2;1-3(2)4;3-1(4)2(5)6/h3-8,11,13,18,23-24H,9-10,12H2,1-2H3;3-4H,1-2H3;(H,3,4)(H,5,6). The van der Waals surface area contributed by atoms with Crippen LogP contribution in [0.3, 0.4) is 0 Å². The number of benzene rings is 2. The first-order valence-electron chi connectivity index (χ1n) is 12.0. The topological polar surface area (TPSA) is 178 Å². The summed E-state index contributed by atoms with van der Waals surface area (Å²) in [6, 6.07) is 12.4. The fourth-order valence-corrected chi connectivity index (χ4v) is 3.73. The number of nitrogens with one attached hydrogen (secondary N) is 2. The van der Waals surface area contributed by atoms with Crippen LogP contribution in [0.2, 0.25) is 0 Å². The third-order valence-electron chi connectivity index (χ3n) is 5.42. The molecule has 0 bridgehead atoms. The van der Waals surface area contributed by atoms with Crippen molar-refractivity contribution in [3.05, 3.63) is 54.2 Å². The highest BCUT2D eigenvalue weighted by Gasteiger charge is 2.40. The maximum atomic E-state index is 12.8. The highest BCUT2D eigenvalue weighted by molar-refractivity contribution is 6.27. The van der Waals surface area contributed by atoms with Crippen LogP contribution >= 0.6 is 0 Å². The fourth-order valence-electron chi connectivity index (χ4n) is 3.73. The lowest BCUT2D eigenvalue weighted by atomic mass is 10.1. The molecule has 0 radical (unpaired) electrons. The van der Waals surface area contributed by atoms with Crippen LogP contribution in [0.5, 0.6) is 11.5 Å². The van der Waals surface area contributed by atoms with Crippen molar-refractivity contribution in [1.82, 2.24) is 10.3 Å². The van der Waals surface area contributed by atoms with Crippen molar-refractivity contribution in [3.8, 4) is 11.5 Å². The van der Waals surface area contributed by atoms with Gasteiger partial charge in [0.15, 0.2) is 0 Å². The number of imide groups is 1. The number of carbonyl (C=O) groups is 4. The maximum Gasteiger partial charge on any atom is 0.414 e. The molecule has 12 heteroatoms. The number of fused-ring (bicyclic) bond motifs is 1. The predicted molar refractivity (Wildman–Crippen MR) is 143 cm³/mol. The van der Waals surface area contributed by atoms with E-state index in [9.17, 15) is 9.59 Å². The van der Waals surface area contributed by atoms with Gasteiger partial charge in [-0.05, 0) is 56.2 Å². The first kappa shape index (κ1) is 30.8. The third-order valence-corrected chi connectivity index (χ3v) is 5.42. The quantitative estimate of drug-likeness (QED) is 0.219. The first-order chi connectivity index (χ1) is 18.5. The van der Waals surface area contributed by atoms with Crippen molar-refractivity contribution in [2.24, 2.45) is 0 Å². The molecule has 1 aromatic heterocycles. The van der Waals surface area contributed by atoms with Crippen LogP contribution < -0.4 is 19.7 Å². The summed E-state index contributed by atoms with van der Waals surface area (Å²) in [4.78, 5) is 48.0. The van der Waals surface area contributed by atoms with E-state index in [1.54, 1.807) is 45.2 Å². The molecular weight excluding hydrogens is 510 g/mol. The number of hydrogen-bond acceptors (Lipinski definition) is 8. The van der Waals surface area contributed by atoms with Crippen LogP contribution in [0.1, 0.15) is 25.8 Å². The molecule has 5 N–H and O–H groups in total. The van der Waals surface area contributed by atoms with Gasteiger partial charge in [0.25, 0.3) is 5.91 Å². The number of carboxylic acids is 2. The van der Waals surface area contributed by atoms with Crippen molar-refractivity contribution >= 4 is 40.3 Å². The van der Waals surface area contributed by atoms with Crippen LogP contribution in [-0.4, -0.2) is 77.0 Å². The molecule has 2 aromatic carbocycles. The molecule has 1 aliphatic rings. The van der Waals surface area contributed by atoms with Crippen LogP contribution in [-0.2, 0) is 25.6 Å². The molecular formula is C27H33N3O9. The molecule has 0 saturated carbocycles. The van der Waals surface area contributed by atoms with E-state index >= 15 is 0 Å². The van der Waals surface area contributed by atoms with Gasteiger partial charge in [0.2, 0.25) is 5.91 Å². The number of hydrogen-bond donors (Lipinski definition) is 5. The molecule has 2 amide bonds. The Kier molecular flexibility index (Phi) is 11.5. The Hall–Kier alpha value is -4.42. The number of aliphatic carboxylic acids is 2. The summed E-state index contributed by atoms with van der Waals surface area (Å²) in [5, 5.41) is 27.2. The number of aliphatic hydroxyl groups excluding tert-OH is 1. The summed E-state index contributed by atoms with van der Waals surface area (Å²) in [5.74, 6) is -2.82. The van der Waals surface area contributed by atoms with Gasteiger partial charge in [-0.3, -0.25) is 9.59 Å². The average molecular weight is 544 g/mol. The molecule has 1 saturated heterocycles. The van der Waals surface area contributed by atoms with Crippen molar-refractivity contribution < 1.29 is 44.0 Å². The summed E-state index contributed by atoms with van der Waals surface area (Å²) < 4.78 is 10.6. The number of aromatic amines is 1. The number of anilines is 1. The lowest BCUT2D eigenvalue weighted by Gasteiger charge is -2.18. The van der Waals surface area contributed by atoms with Gasteiger partial charge in [0.1, 0.15) is 11.5 Å². The molecule has 1 fully saturated rings. The zero-order valence-electron chi connectivity index (χ0n) is 22.1. The zero-order valence-corrected chi connectivity index (χ0v) is 22.1. The van der Waals surface area contributed by atoms with E-state index in [0.717, 1.165) is 28.6 Å². The molecule has 0 aliphatic carbocycles. The SMILES string of the molecule is CC(C)O.COc1ccc2[nH]cc(CCNC3CC(=O)N(c4ccccc4OC)C3=O)c2c1.O=C(O)C(=O)O. The normalized spacial score (nSPS) is 14.4. The second kappa shape index (κ2) is 14.5. The van der Waals surface area contributed by atoms with E-state index in [-0.39, 0.29) is 24.3 Å². The Morgan fingerprint density at radius 1 is 1.08 bits per heavy atom. The molecule has 39 heavy (non-hydrogen) atoms. The van der Waals surface area contributed by atoms with Gasteiger partial charge in [-0.15, -0.1) is 0 Å². The Morgan fingerprint density at radius 3 is 2.31 bits per heavy atom. The van der Waals surface area contributed by atoms with Crippen molar-refractivity contribution in [2.45, 2.75) is 38.8 Å². The number of rotatable bonds is 7. The number of ether oxygens (including phenoxy) is 2. The Labute approximate surface area is 225 Å². The van der Waals surface area contributed by atoms with E-state index in [0.29, 0.717) is 18.0 Å². The molecule has 3 aromatic rings. The second-order valence-electron chi connectivity index (χ2n) is 8.63. The van der Waals surface area contributed by atoms with Crippen LogP contribution in [0.15, 0.2) is 48.7 Å². The summed E-state index contributed by atoms with van der Waals surface area (Å²) in [5.41, 5.74) is 2.65. The second-order valence-corrected chi connectivity index (χ2v) is 8.63. The minimum atomic E-state index is -1.82. The largest absolute Gasteiger partial charge is 0.497 e. The summed E-state index contributed by atoms with van der Waals surface area (Å²) in [6.45, 7) is 4.02. The summed E-state index contributed by atoms with van der Waals surface area (Å²) >= 11 is 0. The zero-order chi connectivity index (χ0) is 29.1. The molecule has 1 unspecified atom stereocenters. The molecule has 0 spiro atoms. The van der Waals surface area contributed by atoms with Crippen molar-refractivity contribution in [1.29, 1.82) is 0 Å². The summed E-state index contributed by atoms with van der Waals surface area (Å²) in [7, 11) is 3.17. The van der Waals surface area contributed by atoms with E-state index < -0.39 is 18.0 Å². The molecule has 12 nitrogen and oxygen atoms in total. The number of methoxy groups -OCH3 is 2.